The minimum atomic E-state index is -0.354. The first-order valence-electron chi connectivity index (χ1n) is 8.08. The lowest BCUT2D eigenvalue weighted by Gasteiger charge is -2.13. The Labute approximate surface area is 171 Å². The molecule has 2 aromatic rings. The van der Waals surface area contributed by atoms with E-state index in [0.29, 0.717) is 36.1 Å². The van der Waals surface area contributed by atoms with E-state index in [9.17, 15) is 4.79 Å². The molecular weight excluding hydrogens is 465 g/mol. The number of hydrogen-bond donors (Lipinski definition) is 2. The number of rotatable bonds is 6. The standard InChI is InChI=1S/C18H20IN3O3S/c1-4-24-14-7-12(8-15(9-14)25-5-2)17(23)22-18(26)21-16-11(3)6-13(19)10-20-16/h6-10H,4-5H2,1-3H3,(H2,20,21,22,23,26). The van der Waals surface area contributed by atoms with Gasteiger partial charge < -0.3 is 14.8 Å². The highest BCUT2D eigenvalue weighted by Gasteiger charge is 2.13. The molecular formula is C18H20IN3O3S. The fourth-order valence-corrected chi connectivity index (χ4v) is 2.98. The van der Waals surface area contributed by atoms with E-state index in [0.717, 1.165) is 9.13 Å². The summed E-state index contributed by atoms with van der Waals surface area (Å²) in [5, 5.41) is 5.77. The Hall–Kier alpha value is -1.94. The van der Waals surface area contributed by atoms with Crippen LogP contribution in [0.15, 0.2) is 30.5 Å². The third kappa shape index (κ3) is 5.80. The van der Waals surface area contributed by atoms with Crippen LogP contribution in [0.5, 0.6) is 11.5 Å². The highest BCUT2D eigenvalue weighted by atomic mass is 127. The molecule has 0 spiro atoms. The topological polar surface area (TPSA) is 72.5 Å². The number of ether oxygens (including phenoxy) is 2. The van der Waals surface area contributed by atoms with E-state index in [4.69, 9.17) is 21.7 Å². The van der Waals surface area contributed by atoms with Gasteiger partial charge in [0.25, 0.3) is 5.91 Å². The van der Waals surface area contributed by atoms with Gasteiger partial charge in [-0.15, -0.1) is 0 Å². The maximum atomic E-state index is 12.5. The lowest BCUT2D eigenvalue weighted by molar-refractivity contribution is 0.0976. The molecule has 2 N–H and O–H groups in total. The molecule has 0 fully saturated rings. The highest BCUT2D eigenvalue weighted by molar-refractivity contribution is 14.1. The Morgan fingerprint density at radius 3 is 2.31 bits per heavy atom. The van der Waals surface area contributed by atoms with Gasteiger partial charge in [0.1, 0.15) is 17.3 Å². The van der Waals surface area contributed by atoms with Crippen molar-refractivity contribution in [2.45, 2.75) is 20.8 Å². The van der Waals surface area contributed by atoms with Crippen LogP contribution in [0.4, 0.5) is 5.82 Å². The summed E-state index contributed by atoms with van der Waals surface area (Å²) in [5.41, 5.74) is 1.33. The van der Waals surface area contributed by atoms with Crippen molar-refractivity contribution in [1.82, 2.24) is 10.3 Å². The molecule has 0 bridgehead atoms. The monoisotopic (exact) mass is 485 g/mol. The maximum absolute atomic E-state index is 12.5. The van der Waals surface area contributed by atoms with E-state index in [-0.39, 0.29) is 11.0 Å². The third-order valence-corrected chi connectivity index (χ3v) is 4.06. The number of benzene rings is 1. The van der Waals surface area contributed by atoms with Crippen molar-refractivity contribution in [3.05, 3.63) is 45.2 Å². The molecule has 0 unspecified atom stereocenters. The predicted octanol–water partition coefficient (Wildman–Crippen LogP) is 3.92. The summed E-state index contributed by atoms with van der Waals surface area (Å²) in [6.45, 7) is 6.66. The van der Waals surface area contributed by atoms with E-state index in [1.165, 1.54) is 0 Å². The molecule has 1 aromatic carbocycles. The van der Waals surface area contributed by atoms with Crippen LogP contribution in [-0.2, 0) is 0 Å². The lowest BCUT2D eigenvalue weighted by atomic mass is 10.2. The van der Waals surface area contributed by atoms with Gasteiger partial charge in [-0.3, -0.25) is 10.1 Å². The van der Waals surface area contributed by atoms with E-state index < -0.39 is 0 Å². The summed E-state index contributed by atoms with van der Waals surface area (Å²) < 4.78 is 12.0. The number of aryl methyl sites for hydroxylation is 1. The van der Waals surface area contributed by atoms with Crippen molar-refractivity contribution in [1.29, 1.82) is 0 Å². The molecule has 2 rings (SSSR count). The smallest absolute Gasteiger partial charge is 0.257 e. The first-order chi connectivity index (χ1) is 12.4. The van der Waals surface area contributed by atoms with Crippen molar-refractivity contribution in [2.24, 2.45) is 0 Å². The van der Waals surface area contributed by atoms with Gasteiger partial charge in [0, 0.05) is 21.4 Å². The Morgan fingerprint density at radius 1 is 1.15 bits per heavy atom. The van der Waals surface area contributed by atoms with Crippen LogP contribution in [0, 0.1) is 10.5 Å². The fourth-order valence-electron chi connectivity index (χ4n) is 2.19. The second-order valence-electron chi connectivity index (χ2n) is 5.29. The van der Waals surface area contributed by atoms with Gasteiger partial charge in [0.2, 0.25) is 0 Å². The van der Waals surface area contributed by atoms with Crippen LogP contribution in [0.3, 0.4) is 0 Å². The number of carbonyl (C=O) groups excluding carboxylic acids is 1. The number of aromatic nitrogens is 1. The highest BCUT2D eigenvalue weighted by Crippen LogP contribution is 2.23. The van der Waals surface area contributed by atoms with E-state index in [2.05, 4.69) is 38.2 Å². The third-order valence-electron chi connectivity index (χ3n) is 3.27. The molecule has 0 aliphatic carbocycles. The predicted molar refractivity (Wildman–Crippen MR) is 114 cm³/mol. The van der Waals surface area contributed by atoms with Crippen LogP contribution in [0.2, 0.25) is 0 Å². The summed E-state index contributed by atoms with van der Waals surface area (Å²) in [4.78, 5) is 16.8. The molecule has 1 amide bonds. The van der Waals surface area contributed by atoms with Gasteiger partial charge in [-0.05, 0) is 79.3 Å². The quantitative estimate of drug-likeness (QED) is 0.478. The van der Waals surface area contributed by atoms with Crippen LogP contribution in [0.25, 0.3) is 0 Å². The number of halogens is 1. The van der Waals surface area contributed by atoms with Gasteiger partial charge in [-0.2, -0.15) is 0 Å². The second-order valence-corrected chi connectivity index (χ2v) is 6.94. The van der Waals surface area contributed by atoms with Crippen LogP contribution in [0.1, 0.15) is 29.8 Å². The number of thiocarbonyl (C=S) groups is 1. The average Bonchev–Trinajstić information content (AvgIpc) is 2.58. The number of pyridine rings is 1. The minimum absolute atomic E-state index is 0.173. The Balaban J connectivity index is 2.11. The first-order valence-corrected chi connectivity index (χ1v) is 9.56. The molecule has 1 aromatic heterocycles. The molecule has 6 nitrogen and oxygen atoms in total. The summed E-state index contributed by atoms with van der Waals surface area (Å²) in [6, 6.07) is 7.02. The van der Waals surface area contributed by atoms with Gasteiger partial charge in [0.05, 0.1) is 13.2 Å². The molecule has 0 atom stereocenters. The molecule has 0 aliphatic heterocycles. The zero-order valence-corrected chi connectivity index (χ0v) is 17.7. The van der Waals surface area contributed by atoms with Crippen molar-refractivity contribution in [3.8, 4) is 11.5 Å². The second kappa shape index (κ2) is 9.67. The van der Waals surface area contributed by atoms with Crippen LogP contribution >= 0.6 is 34.8 Å². The number of hydrogen-bond acceptors (Lipinski definition) is 5. The van der Waals surface area contributed by atoms with Crippen LogP contribution < -0.4 is 20.1 Å². The van der Waals surface area contributed by atoms with Crippen molar-refractivity contribution in [2.75, 3.05) is 18.5 Å². The van der Waals surface area contributed by atoms with Gasteiger partial charge in [-0.1, -0.05) is 0 Å². The van der Waals surface area contributed by atoms with Gasteiger partial charge >= 0.3 is 0 Å². The SMILES string of the molecule is CCOc1cc(OCC)cc(C(=O)NC(=S)Nc2ncc(I)cc2C)c1. The molecule has 0 aliphatic rings. The van der Waals surface area contributed by atoms with Gasteiger partial charge in [0.15, 0.2) is 5.11 Å². The lowest BCUT2D eigenvalue weighted by Crippen LogP contribution is -2.34. The van der Waals surface area contributed by atoms with Crippen molar-refractivity contribution >= 4 is 51.6 Å². The number of nitrogens with zero attached hydrogens (tertiary/aromatic N) is 1. The minimum Gasteiger partial charge on any atom is -0.494 e. The van der Waals surface area contributed by atoms with Gasteiger partial charge in [-0.25, -0.2) is 4.98 Å². The van der Waals surface area contributed by atoms with Crippen molar-refractivity contribution in [3.63, 3.8) is 0 Å². The normalized spacial score (nSPS) is 10.2. The summed E-state index contributed by atoms with van der Waals surface area (Å²) in [5.74, 6) is 1.39. The molecule has 138 valence electrons. The van der Waals surface area contributed by atoms with Crippen molar-refractivity contribution < 1.29 is 14.3 Å². The Morgan fingerprint density at radius 2 is 1.77 bits per heavy atom. The molecule has 1 heterocycles. The average molecular weight is 485 g/mol. The maximum Gasteiger partial charge on any atom is 0.257 e. The zero-order chi connectivity index (χ0) is 19.1. The van der Waals surface area contributed by atoms with E-state index >= 15 is 0 Å². The Bertz CT molecular complexity index is 790. The summed E-state index contributed by atoms with van der Waals surface area (Å²) in [7, 11) is 0. The summed E-state index contributed by atoms with van der Waals surface area (Å²) in [6.07, 6.45) is 1.72. The number of anilines is 1. The molecule has 8 heteroatoms. The molecule has 0 radical (unpaired) electrons. The molecule has 0 saturated heterocycles. The zero-order valence-electron chi connectivity index (χ0n) is 14.8. The first kappa shape index (κ1) is 20.4. The number of amides is 1. The largest absolute Gasteiger partial charge is 0.494 e. The molecule has 26 heavy (non-hydrogen) atoms. The fraction of sp³-hybridized carbons (Fsp3) is 0.278. The van der Waals surface area contributed by atoms with E-state index in [1.54, 1.807) is 24.4 Å². The van der Waals surface area contributed by atoms with Crippen LogP contribution in [-0.4, -0.2) is 29.2 Å². The van der Waals surface area contributed by atoms with E-state index in [1.807, 2.05) is 26.8 Å². The summed E-state index contributed by atoms with van der Waals surface area (Å²) >= 11 is 7.41. The molecule has 0 saturated carbocycles. The number of carbonyl (C=O) groups is 1. The number of nitrogens with one attached hydrogen (secondary N) is 2. The Kier molecular flexibility index (Phi) is 7.58.